The molecule has 0 saturated heterocycles. The number of hydrogen-bond acceptors (Lipinski definition) is 5. The lowest BCUT2D eigenvalue weighted by atomic mass is 9.44. The lowest BCUT2D eigenvalue weighted by molar-refractivity contribution is -0.158. The molecule has 5 heteroatoms. The van der Waals surface area contributed by atoms with E-state index >= 15 is 0 Å². The number of fused-ring (bicyclic) bond motifs is 5. The minimum Gasteiger partial charge on any atom is -0.463 e. The Bertz CT molecular complexity index is 721. The van der Waals surface area contributed by atoms with Gasteiger partial charge in [0.2, 0.25) is 0 Å². The normalized spacial score (nSPS) is 43.1. The summed E-state index contributed by atoms with van der Waals surface area (Å²) in [6.07, 6.45) is 12.3. The summed E-state index contributed by atoms with van der Waals surface area (Å²) in [6.45, 7) is 9.21. The minimum absolute atomic E-state index is 0.0748. The van der Waals surface area contributed by atoms with Gasteiger partial charge in [-0.15, -0.1) is 0 Å². The molecule has 0 radical (unpaired) electrons. The summed E-state index contributed by atoms with van der Waals surface area (Å²) in [5, 5.41) is 10.3. The smallest absolute Gasteiger partial charge is 0.344 e. The van der Waals surface area contributed by atoms with Crippen LogP contribution in [0, 0.1) is 46.3 Å². The summed E-state index contributed by atoms with van der Waals surface area (Å²) >= 11 is 0. The number of hydrogen-bond donors (Lipinski definition) is 1. The average Bonchev–Trinajstić information content (AvgIpc) is 3.14. The highest BCUT2D eigenvalue weighted by atomic mass is 16.6. The Hall–Kier alpha value is -1.10. The van der Waals surface area contributed by atoms with E-state index in [9.17, 15) is 14.7 Å². The topological polar surface area (TPSA) is 72.8 Å². The van der Waals surface area contributed by atoms with Crippen molar-refractivity contribution in [2.75, 3.05) is 13.2 Å². The van der Waals surface area contributed by atoms with Crippen LogP contribution in [0.25, 0.3) is 0 Å². The number of carbonyl (C=O) groups is 2. The average molecular weight is 463 g/mol. The third-order valence-electron chi connectivity index (χ3n) is 10.9. The first kappa shape index (κ1) is 25.0. The second-order valence-electron chi connectivity index (χ2n) is 12.3. The van der Waals surface area contributed by atoms with Crippen LogP contribution in [-0.4, -0.2) is 36.4 Å². The first-order valence-corrected chi connectivity index (χ1v) is 13.7. The molecule has 0 amide bonds. The lowest BCUT2D eigenvalue weighted by Crippen LogP contribution is -2.54. The van der Waals surface area contributed by atoms with E-state index in [0.29, 0.717) is 41.6 Å². The zero-order valence-corrected chi connectivity index (χ0v) is 21.3. The van der Waals surface area contributed by atoms with Gasteiger partial charge in [0.1, 0.15) is 0 Å². The maximum atomic E-state index is 12.2. The first-order chi connectivity index (χ1) is 15.7. The van der Waals surface area contributed by atoms with Gasteiger partial charge in [0, 0.05) is 6.42 Å². The highest BCUT2D eigenvalue weighted by molar-refractivity contribution is 5.76. The van der Waals surface area contributed by atoms with Crippen LogP contribution in [-0.2, 0) is 19.1 Å². The largest absolute Gasteiger partial charge is 0.463 e. The number of rotatable bonds is 7. The predicted octanol–water partition coefficient (Wildman–Crippen LogP) is 5.53. The van der Waals surface area contributed by atoms with E-state index in [4.69, 9.17) is 9.47 Å². The van der Waals surface area contributed by atoms with Crippen LogP contribution in [0.15, 0.2) is 0 Å². The molecule has 4 rings (SSSR count). The second-order valence-corrected chi connectivity index (χ2v) is 12.3. The number of esters is 2. The van der Waals surface area contributed by atoms with Crippen LogP contribution >= 0.6 is 0 Å². The van der Waals surface area contributed by atoms with E-state index in [-0.39, 0.29) is 18.7 Å². The molecular weight excluding hydrogens is 416 g/mol. The molecule has 0 heterocycles. The molecule has 0 aromatic carbocycles. The van der Waals surface area contributed by atoms with E-state index in [0.717, 1.165) is 37.0 Å². The highest BCUT2D eigenvalue weighted by Gasteiger charge is 2.60. The van der Waals surface area contributed by atoms with Gasteiger partial charge in [0.15, 0.2) is 6.61 Å². The third kappa shape index (κ3) is 4.73. The van der Waals surface area contributed by atoms with Crippen LogP contribution in [0.5, 0.6) is 0 Å². The monoisotopic (exact) mass is 462 g/mol. The van der Waals surface area contributed by atoms with Gasteiger partial charge >= 0.3 is 11.9 Å². The standard InChI is InChI=1S/C28H46O5/c1-5-32-26(31)17-33-25(30)11-6-18(2)22-9-10-23-21-8-7-19-16-20(29)12-14-27(19,3)24(21)13-15-28(22,23)4/h18-24,29H,5-17H2,1-4H3/t18-,19?,20-,21+,22-,23+,24+,27+,28-/m1/s1. The quantitative estimate of drug-likeness (QED) is 0.504. The summed E-state index contributed by atoms with van der Waals surface area (Å²) in [6, 6.07) is 0. The molecule has 0 bridgehead atoms. The van der Waals surface area contributed by atoms with Crippen LogP contribution in [0.3, 0.4) is 0 Å². The summed E-state index contributed by atoms with van der Waals surface area (Å²) in [5.41, 5.74) is 0.808. The van der Waals surface area contributed by atoms with Gasteiger partial charge in [-0.05, 0) is 117 Å². The molecular formula is C28H46O5. The summed E-state index contributed by atoms with van der Waals surface area (Å²) < 4.78 is 9.94. The van der Waals surface area contributed by atoms with Gasteiger partial charge in [-0.3, -0.25) is 4.79 Å². The molecule has 1 unspecified atom stereocenters. The van der Waals surface area contributed by atoms with Crippen molar-refractivity contribution in [3.8, 4) is 0 Å². The Labute approximate surface area is 200 Å². The molecule has 1 N–H and O–H groups in total. The van der Waals surface area contributed by atoms with Crippen molar-refractivity contribution in [2.45, 2.75) is 104 Å². The Kier molecular flexibility index (Phi) is 7.48. The van der Waals surface area contributed by atoms with Gasteiger partial charge in [-0.1, -0.05) is 20.8 Å². The number of carbonyl (C=O) groups excluding carboxylic acids is 2. The van der Waals surface area contributed by atoms with Crippen LogP contribution in [0.2, 0.25) is 0 Å². The van der Waals surface area contributed by atoms with Crippen molar-refractivity contribution in [1.29, 1.82) is 0 Å². The molecule has 188 valence electrons. The summed E-state index contributed by atoms with van der Waals surface area (Å²) in [5.74, 6) is 3.58. The molecule has 0 spiro atoms. The van der Waals surface area contributed by atoms with Crippen LogP contribution in [0.1, 0.15) is 98.3 Å². The van der Waals surface area contributed by atoms with Gasteiger partial charge in [0.05, 0.1) is 12.7 Å². The molecule has 4 aliphatic rings. The van der Waals surface area contributed by atoms with E-state index < -0.39 is 5.97 Å². The Morgan fingerprint density at radius 2 is 1.67 bits per heavy atom. The van der Waals surface area contributed by atoms with E-state index in [1.54, 1.807) is 6.92 Å². The van der Waals surface area contributed by atoms with Crippen molar-refractivity contribution >= 4 is 11.9 Å². The van der Waals surface area contributed by atoms with Crippen molar-refractivity contribution in [1.82, 2.24) is 0 Å². The molecule has 0 aromatic rings. The maximum absolute atomic E-state index is 12.2. The third-order valence-corrected chi connectivity index (χ3v) is 10.9. The molecule has 5 nitrogen and oxygen atoms in total. The first-order valence-electron chi connectivity index (χ1n) is 13.7. The van der Waals surface area contributed by atoms with E-state index in [1.165, 1.54) is 44.9 Å². The fourth-order valence-electron chi connectivity index (χ4n) is 9.17. The molecule has 9 atom stereocenters. The number of aliphatic hydroxyl groups is 1. The lowest BCUT2D eigenvalue weighted by Gasteiger charge is -2.61. The zero-order chi connectivity index (χ0) is 23.8. The van der Waals surface area contributed by atoms with Crippen LogP contribution in [0.4, 0.5) is 0 Å². The summed E-state index contributed by atoms with van der Waals surface area (Å²) in [4.78, 5) is 23.6. The van der Waals surface area contributed by atoms with Gasteiger partial charge < -0.3 is 14.6 Å². The van der Waals surface area contributed by atoms with Crippen LogP contribution < -0.4 is 0 Å². The van der Waals surface area contributed by atoms with E-state index in [2.05, 4.69) is 20.8 Å². The molecule has 0 aromatic heterocycles. The minimum atomic E-state index is -0.474. The summed E-state index contributed by atoms with van der Waals surface area (Å²) in [7, 11) is 0. The SMILES string of the molecule is CCOC(=O)COC(=O)CC[C@@H](C)[C@H]1CC[C@H]2[C@@H]3CCC4C[C@H](O)CC[C@]4(C)[C@H]3CC[C@]12C. The molecule has 0 aliphatic heterocycles. The molecule has 33 heavy (non-hydrogen) atoms. The number of aliphatic hydroxyl groups excluding tert-OH is 1. The maximum Gasteiger partial charge on any atom is 0.344 e. The number of ether oxygens (including phenoxy) is 2. The predicted molar refractivity (Wildman–Crippen MR) is 127 cm³/mol. The van der Waals surface area contributed by atoms with Gasteiger partial charge in [-0.2, -0.15) is 0 Å². The fraction of sp³-hybridized carbons (Fsp3) is 0.929. The highest BCUT2D eigenvalue weighted by Crippen LogP contribution is 2.68. The van der Waals surface area contributed by atoms with Gasteiger partial charge in [0.25, 0.3) is 0 Å². The zero-order valence-electron chi connectivity index (χ0n) is 21.3. The van der Waals surface area contributed by atoms with Crippen molar-refractivity contribution in [3.05, 3.63) is 0 Å². The van der Waals surface area contributed by atoms with E-state index in [1.807, 2.05) is 0 Å². The van der Waals surface area contributed by atoms with Crippen molar-refractivity contribution in [2.24, 2.45) is 46.3 Å². The molecule has 4 aliphatic carbocycles. The fourth-order valence-corrected chi connectivity index (χ4v) is 9.17. The Morgan fingerprint density at radius 1 is 0.939 bits per heavy atom. The Balaban J connectivity index is 1.35. The Morgan fingerprint density at radius 3 is 2.42 bits per heavy atom. The van der Waals surface area contributed by atoms with Crippen molar-refractivity contribution < 1.29 is 24.2 Å². The van der Waals surface area contributed by atoms with Crippen molar-refractivity contribution in [3.63, 3.8) is 0 Å². The molecule has 4 fully saturated rings. The molecule has 4 saturated carbocycles. The van der Waals surface area contributed by atoms with Gasteiger partial charge in [-0.25, -0.2) is 4.79 Å². The second kappa shape index (κ2) is 9.87.